The summed E-state index contributed by atoms with van der Waals surface area (Å²) < 4.78 is 7.42. The van der Waals surface area contributed by atoms with Crippen LogP contribution < -0.4 is 0 Å². The molecule has 0 saturated heterocycles. The molecular formula is C40H29N3S. The van der Waals surface area contributed by atoms with E-state index in [0.29, 0.717) is 0 Å². The van der Waals surface area contributed by atoms with Crippen molar-refractivity contribution < 1.29 is 0 Å². The highest BCUT2D eigenvalue weighted by Crippen LogP contribution is 2.39. The number of imidazole rings is 1. The van der Waals surface area contributed by atoms with Crippen LogP contribution in [0.5, 0.6) is 0 Å². The maximum absolute atomic E-state index is 5.11. The second kappa shape index (κ2) is 9.66. The molecule has 0 aliphatic carbocycles. The predicted octanol–water partition coefficient (Wildman–Crippen LogP) is 11.3. The van der Waals surface area contributed by atoms with Gasteiger partial charge in [-0.15, -0.1) is 11.3 Å². The first-order valence-corrected chi connectivity index (χ1v) is 16.0. The Morgan fingerprint density at radius 2 is 1.09 bits per heavy atom. The van der Waals surface area contributed by atoms with E-state index in [0.717, 1.165) is 28.2 Å². The lowest BCUT2D eigenvalue weighted by Crippen LogP contribution is -2.05. The molecule has 0 N–H and O–H groups in total. The molecular weight excluding hydrogens is 555 g/mol. The SMILES string of the molecule is CC(C)c1nc2ccccc2n1-c1cc(-c2ccc3sc4ccccc4c3c2)cc(-n2c3ccccc3c3ccccc32)c1. The Hall–Kier alpha value is -5.19. The van der Waals surface area contributed by atoms with Crippen LogP contribution in [0.4, 0.5) is 0 Å². The van der Waals surface area contributed by atoms with Crippen molar-refractivity contribution in [3.05, 3.63) is 139 Å². The maximum Gasteiger partial charge on any atom is 0.117 e. The summed E-state index contributed by atoms with van der Waals surface area (Å²) in [5, 5.41) is 5.15. The number of hydrogen-bond donors (Lipinski definition) is 0. The Morgan fingerprint density at radius 3 is 1.82 bits per heavy atom. The molecule has 0 unspecified atom stereocenters. The number of hydrogen-bond acceptors (Lipinski definition) is 2. The van der Waals surface area contributed by atoms with Gasteiger partial charge >= 0.3 is 0 Å². The zero-order valence-corrected chi connectivity index (χ0v) is 25.3. The van der Waals surface area contributed by atoms with Crippen molar-refractivity contribution in [1.82, 2.24) is 14.1 Å². The van der Waals surface area contributed by atoms with E-state index in [-0.39, 0.29) is 5.92 Å². The smallest absolute Gasteiger partial charge is 0.117 e. The Morgan fingerprint density at radius 1 is 0.500 bits per heavy atom. The summed E-state index contributed by atoms with van der Waals surface area (Å²) in [7, 11) is 0. The van der Waals surface area contributed by atoms with Crippen LogP contribution in [0, 0.1) is 0 Å². The van der Waals surface area contributed by atoms with Crippen LogP contribution in [0.15, 0.2) is 133 Å². The number of benzene rings is 6. The molecule has 0 atom stereocenters. The molecule has 3 aromatic heterocycles. The first-order chi connectivity index (χ1) is 21.6. The molecule has 3 nitrogen and oxygen atoms in total. The highest BCUT2D eigenvalue weighted by atomic mass is 32.1. The first kappa shape index (κ1) is 25.3. The lowest BCUT2D eigenvalue weighted by molar-refractivity contribution is 0.759. The van der Waals surface area contributed by atoms with Gasteiger partial charge in [0.1, 0.15) is 5.82 Å². The standard InChI is InChI=1S/C40H29N3S/c1-25(2)40-41-34-14-6-9-17-37(34)43(40)29-22-27(26-19-20-39-33(23-26)32-13-5-10-18-38(32)44-39)21-28(24-29)42-35-15-7-3-11-30(35)31-12-4-8-16-36(31)42/h3-25H,1-2H3. The van der Waals surface area contributed by atoms with E-state index in [1.165, 1.54) is 53.1 Å². The van der Waals surface area contributed by atoms with Gasteiger partial charge in [-0.2, -0.15) is 0 Å². The van der Waals surface area contributed by atoms with E-state index < -0.39 is 0 Å². The van der Waals surface area contributed by atoms with Gasteiger partial charge in [-0.25, -0.2) is 4.98 Å². The molecule has 9 rings (SSSR count). The van der Waals surface area contributed by atoms with Crippen LogP contribution in [0.3, 0.4) is 0 Å². The van der Waals surface area contributed by atoms with Gasteiger partial charge in [0.05, 0.1) is 27.8 Å². The summed E-state index contributed by atoms with van der Waals surface area (Å²) in [5.74, 6) is 1.33. The molecule has 0 saturated carbocycles. The van der Waals surface area contributed by atoms with Crippen LogP contribution in [-0.2, 0) is 0 Å². The highest BCUT2D eigenvalue weighted by Gasteiger charge is 2.19. The second-order valence-corrected chi connectivity index (χ2v) is 12.9. The number of thiophene rings is 1. The van der Waals surface area contributed by atoms with Gasteiger partial charge < -0.3 is 4.57 Å². The normalized spacial score (nSPS) is 12.1. The van der Waals surface area contributed by atoms with Crippen LogP contribution in [0.1, 0.15) is 25.6 Å². The lowest BCUT2D eigenvalue weighted by Gasteiger charge is -2.17. The minimum Gasteiger partial charge on any atom is -0.309 e. The fourth-order valence-corrected chi connectivity index (χ4v) is 7.92. The van der Waals surface area contributed by atoms with Crippen molar-refractivity contribution >= 4 is 64.3 Å². The van der Waals surface area contributed by atoms with Crippen LogP contribution in [0.25, 0.3) is 75.5 Å². The fourth-order valence-electron chi connectivity index (χ4n) is 6.83. The maximum atomic E-state index is 5.11. The predicted molar refractivity (Wildman–Crippen MR) is 188 cm³/mol. The molecule has 0 fully saturated rings. The Labute approximate surface area is 259 Å². The Kier molecular flexibility index (Phi) is 5.56. The minimum atomic E-state index is 0.260. The summed E-state index contributed by atoms with van der Waals surface area (Å²) in [5.41, 5.74) is 9.20. The van der Waals surface area contributed by atoms with Crippen LogP contribution in [-0.4, -0.2) is 14.1 Å². The molecule has 44 heavy (non-hydrogen) atoms. The zero-order chi connectivity index (χ0) is 29.4. The largest absolute Gasteiger partial charge is 0.309 e. The van der Waals surface area contributed by atoms with Crippen LogP contribution in [0.2, 0.25) is 0 Å². The molecule has 6 aromatic carbocycles. The van der Waals surface area contributed by atoms with Gasteiger partial charge in [0.15, 0.2) is 0 Å². The third kappa shape index (κ3) is 3.78. The van der Waals surface area contributed by atoms with Crippen LogP contribution >= 0.6 is 11.3 Å². The molecule has 4 heteroatoms. The van der Waals surface area contributed by atoms with Gasteiger partial charge in [-0.05, 0) is 71.8 Å². The zero-order valence-electron chi connectivity index (χ0n) is 24.5. The third-order valence-corrected chi connectivity index (χ3v) is 9.96. The van der Waals surface area contributed by atoms with Gasteiger partial charge in [0.25, 0.3) is 0 Å². The molecule has 9 aromatic rings. The Balaban J connectivity index is 1.38. The molecule has 3 heterocycles. The summed E-state index contributed by atoms with van der Waals surface area (Å²) in [4.78, 5) is 5.11. The molecule has 210 valence electrons. The van der Waals surface area contributed by atoms with E-state index in [2.05, 4.69) is 156 Å². The van der Waals surface area contributed by atoms with Gasteiger partial charge in [-0.3, -0.25) is 4.57 Å². The average Bonchev–Trinajstić information content (AvgIpc) is 3.74. The number of nitrogens with zero attached hydrogens (tertiary/aromatic N) is 3. The van der Waals surface area contributed by atoms with Crippen molar-refractivity contribution in [2.45, 2.75) is 19.8 Å². The van der Waals surface area contributed by atoms with Crippen molar-refractivity contribution in [2.24, 2.45) is 0 Å². The number of rotatable bonds is 4. The molecule has 0 aliphatic heterocycles. The summed E-state index contributed by atoms with van der Waals surface area (Å²) in [6, 6.07) is 48.6. The van der Waals surface area contributed by atoms with Gasteiger partial charge in [0.2, 0.25) is 0 Å². The molecule has 0 aliphatic rings. The third-order valence-electron chi connectivity index (χ3n) is 8.81. The molecule has 0 spiro atoms. The van der Waals surface area contributed by atoms with Crippen molar-refractivity contribution in [3.63, 3.8) is 0 Å². The van der Waals surface area contributed by atoms with E-state index in [1.807, 2.05) is 11.3 Å². The first-order valence-electron chi connectivity index (χ1n) is 15.2. The van der Waals surface area contributed by atoms with E-state index in [9.17, 15) is 0 Å². The average molecular weight is 584 g/mol. The van der Waals surface area contributed by atoms with Gasteiger partial charge in [0, 0.05) is 42.6 Å². The van der Waals surface area contributed by atoms with E-state index in [1.54, 1.807) is 0 Å². The minimum absolute atomic E-state index is 0.260. The number of fused-ring (bicyclic) bond motifs is 7. The monoisotopic (exact) mass is 583 g/mol. The van der Waals surface area contributed by atoms with Crippen molar-refractivity contribution in [1.29, 1.82) is 0 Å². The molecule has 0 radical (unpaired) electrons. The van der Waals surface area contributed by atoms with E-state index >= 15 is 0 Å². The fraction of sp³-hybridized carbons (Fsp3) is 0.0750. The number of aromatic nitrogens is 3. The summed E-state index contributed by atoms with van der Waals surface area (Å²) in [6.07, 6.45) is 0. The van der Waals surface area contributed by atoms with Crippen molar-refractivity contribution in [3.8, 4) is 22.5 Å². The van der Waals surface area contributed by atoms with Crippen molar-refractivity contribution in [2.75, 3.05) is 0 Å². The summed E-state index contributed by atoms with van der Waals surface area (Å²) in [6.45, 7) is 4.45. The quantitative estimate of drug-likeness (QED) is 0.202. The Bertz CT molecular complexity index is 2490. The highest BCUT2D eigenvalue weighted by molar-refractivity contribution is 7.25. The molecule has 0 bridgehead atoms. The molecule has 0 amide bonds. The topological polar surface area (TPSA) is 22.8 Å². The number of para-hydroxylation sites is 4. The lowest BCUT2D eigenvalue weighted by atomic mass is 10.0. The van der Waals surface area contributed by atoms with E-state index in [4.69, 9.17) is 4.98 Å². The van der Waals surface area contributed by atoms with Gasteiger partial charge in [-0.1, -0.05) is 86.6 Å². The summed E-state index contributed by atoms with van der Waals surface area (Å²) >= 11 is 1.86. The second-order valence-electron chi connectivity index (χ2n) is 11.9.